The molecule has 0 saturated heterocycles. The van der Waals surface area contributed by atoms with Crippen molar-refractivity contribution in [3.8, 4) is 5.75 Å². The van der Waals surface area contributed by atoms with Gasteiger partial charge in [-0.1, -0.05) is 34.4 Å². The molecule has 0 aliphatic carbocycles. The Morgan fingerprint density at radius 2 is 2.07 bits per heavy atom. The van der Waals surface area contributed by atoms with Gasteiger partial charge in [0, 0.05) is 16.5 Å². The standard InChI is InChI=1S/C20H17Cl2N5O3/c1-29-15-6-3-12(4-7-15)17-9-18(30-26-17)19(28)24-20-23-11-27(25-20)10-13-2-5-14(21)8-16(13)22/h2-8,11,18H,9-10H2,1H3,(H,24,25,28). The predicted octanol–water partition coefficient (Wildman–Crippen LogP) is 3.77. The molecule has 1 amide bonds. The molecule has 0 spiro atoms. The van der Waals surface area contributed by atoms with Gasteiger partial charge in [-0.25, -0.2) is 9.67 Å². The first kappa shape index (κ1) is 20.2. The topological polar surface area (TPSA) is 90.6 Å². The summed E-state index contributed by atoms with van der Waals surface area (Å²) in [7, 11) is 1.60. The monoisotopic (exact) mass is 445 g/mol. The summed E-state index contributed by atoms with van der Waals surface area (Å²) < 4.78 is 6.71. The van der Waals surface area contributed by atoms with Crippen molar-refractivity contribution in [1.82, 2.24) is 14.8 Å². The first-order valence-corrected chi connectivity index (χ1v) is 9.79. The minimum Gasteiger partial charge on any atom is -0.497 e. The molecule has 1 aliphatic heterocycles. The number of carbonyl (C=O) groups is 1. The van der Waals surface area contributed by atoms with Gasteiger partial charge < -0.3 is 9.57 Å². The van der Waals surface area contributed by atoms with Gasteiger partial charge in [-0.3, -0.25) is 10.1 Å². The third-order valence-corrected chi connectivity index (χ3v) is 5.09. The van der Waals surface area contributed by atoms with Gasteiger partial charge in [0.15, 0.2) is 0 Å². The highest BCUT2D eigenvalue weighted by Gasteiger charge is 2.29. The van der Waals surface area contributed by atoms with Gasteiger partial charge >= 0.3 is 0 Å². The normalized spacial score (nSPS) is 15.4. The number of methoxy groups -OCH3 is 1. The van der Waals surface area contributed by atoms with Crippen molar-refractivity contribution in [2.45, 2.75) is 19.1 Å². The van der Waals surface area contributed by atoms with E-state index in [1.54, 1.807) is 23.9 Å². The van der Waals surface area contributed by atoms with E-state index in [9.17, 15) is 4.79 Å². The molecule has 10 heteroatoms. The molecule has 30 heavy (non-hydrogen) atoms. The van der Waals surface area contributed by atoms with Gasteiger partial charge in [0.05, 0.1) is 19.4 Å². The van der Waals surface area contributed by atoms with Gasteiger partial charge in [0.2, 0.25) is 12.1 Å². The summed E-state index contributed by atoms with van der Waals surface area (Å²) in [5.41, 5.74) is 2.39. The zero-order chi connectivity index (χ0) is 21.1. The highest BCUT2D eigenvalue weighted by Crippen LogP contribution is 2.22. The van der Waals surface area contributed by atoms with E-state index in [1.807, 2.05) is 30.3 Å². The van der Waals surface area contributed by atoms with Gasteiger partial charge in [-0.15, -0.1) is 5.10 Å². The first-order valence-electron chi connectivity index (χ1n) is 9.03. The predicted molar refractivity (Wildman–Crippen MR) is 113 cm³/mol. The molecule has 1 aliphatic rings. The summed E-state index contributed by atoms with van der Waals surface area (Å²) in [6, 6.07) is 12.6. The number of nitrogens with one attached hydrogen (secondary N) is 1. The largest absolute Gasteiger partial charge is 0.497 e. The molecular formula is C20H17Cl2N5O3. The quantitative estimate of drug-likeness (QED) is 0.623. The van der Waals surface area contributed by atoms with Crippen LogP contribution in [0.15, 0.2) is 53.9 Å². The highest BCUT2D eigenvalue weighted by atomic mass is 35.5. The maximum atomic E-state index is 12.5. The van der Waals surface area contributed by atoms with Gasteiger partial charge in [-0.2, -0.15) is 0 Å². The Labute approximate surface area is 182 Å². The maximum Gasteiger partial charge on any atom is 0.271 e. The number of benzene rings is 2. The zero-order valence-electron chi connectivity index (χ0n) is 15.9. The minimum atomic E-state index is -0.750. The van der Waals surface area contributed by atoms with Crippen molar-refractivity contribution in [3.63, 3.8) is 0 Å². The number of hydrogen-bond acceptors (Lipinski definition) is 6. The van der Waals surface area contributed by atoms with Crippen molar-refractivity contribution in [3.05, 3.63) is 70.0 Å². The fourth-order valence-electron chi connectivity index (χ4n) is 2.92. The highest BCUT2D eigenvalue weighted by molar-refractivity contribution is 6.35. The number of rotatable bonds is 6. The fraction of sp³-hybridized carbons (Fsp3) is 0.200. The Morgan fingerprint density at radius 1 is 1.27 bits per heavy atom. The molecule has 0 fully saturated rings. The number of nitrogens with zero attached hydrogens (tertiary/aromatic N) is 4. The van der Waals surface area contributed by atoms with Gasteiger partial charge in [0.1, 0.15) is 12.1 Å². The molecule has 0 bridgehead atoms. The van der Waals surface area contributed by atoms with E-state index in [1.165, 1.54) is 6.33 Å². The second kappa shape index (κ2) is 8.73. The number of hydrogen-bond donors (Lipinski definition) is 1. The van der Waals surface area contributed by atoms with Crippen LogP contribution in [-0.4, -0.2) is 39.6 Å². The Morgan fingerprint density at radius 3 is 2.80 bits per heavy atom. The van der Waals surface area contributed by atoms with E-state index in [-0.39, 0.29) is 11.9 Å². The molecule has 2 heterocycles. The summed E-state index contributed by atoms with van der Waals surface area (Å²) in [4.78, 5) is 21.9. The van der Waals surface area contributed by atoms with Gasteiger partial charge in [0.25, 0.3) is 5.91 Å². The van der Waals surface area contributed by atoms with Crippen LogP contribution in [0.4, 0.5) is 5.95 Å². The average molecular weight is 446 g/mol. The smallest absolute Gasteiger partial charge is 0.271 e. The lowest BCUT2D eigenvalue weighted by atomic mass is 10.0. The Kier molecular flexibility index (Phi) is 5.87. The number of oxime groups is 1. The average Bonchev–Trinajstić information content (AvgIpc) is 3.40. The maximum absolute atomic E-state index is 12.5. The number of halogens is 2. The van der Waals surface area contributed by atoms with Gasteiger partial charge in [-0.05, 0) is 47.5 Å². The molecule has 3 aromatic rings. The Hall–Kier alpha value is -3.10. The van der Waals surface area contributed by atoms with Crippen LogP contribution in [0.25, 0.3) is 0 Å². The third-order valence-electron chi connectivity index (χ3n) is 4.50. The van der Waals surface area contributed by atoms with Crippen LogP contribution in [0.5, 0.6) is 5.75 Å². The number of carbonyl (C=O) groups excluding carboxylic acids is 1. The van der Waals surface area contributed by atoms with Crippen LogP contribution in [0.2, 0.25) is 10.0 Å². The molecule has 154 valence electrons. The molecule has 2 aromatic carbocycles. The summed E-state index contributed by atoms with van der Waals surface area (Å²) in [6.45, 7) is 0.392. The SMILES string of the molecule is COc1ccc(C2=NOC(C(=O)Nc3ncn(Cc4ccc(Cl)cc4Cl)n3)C2)cc1. The van der Waals surface area contributed by atoms with Crippen LogP contribution in [0, 0.1) is 0 Å². The van der Waals surface area contributed by atoms with Crippen LogP contribution in [0.3, 0.4) is 0 Å². The van der Waals surface area contributed by atoms with Crippen molar-refractivity contribution in [1.29, 1.82) is 0 Å². The molecule has 1 N–H and O–H groups in total. The van der Waals surface area contributed by atoms with Crippen LogP contribution in [0.1, 0.15) is 17.5 Å². The summed E-state index contributed by atoms with van der Waals surface area (Å²) >= 11 is 12.1. The van der Waals surface area contributed by atoms with Crippen molar-refractivity contribution >= 4 is 40.8 Å². The zero-order valence-corrected chi connectivity index (χ0v) is 17.4. The lowest BCUT2D eigenvalue weighted by Gasteiger charge is -2.07. The second-order valence-electron chi connectivity index (χ2n) is 6.56. The van der Waals surface area contributed by atoms with Crippen LogP contribution >= 0.6 is 23.2 Å². The van der Waals surface area contributed by atoms with E-state index in [0.717, 1.165) is 16.9 Å². The molecule has 1 atom stereocenters. The van der Waals surface area contributed by atoms with E-state index in [4.69, 9.17) is 32.8 Å². The number of amides is 1. The number of ether oxygens (including phenoxy) is 1. The molecular weight excluding hydrogens is 429 g/mol. The van der Waals surface area contributed by atoms with E-state index < -0.39 is 6.10 Å². The van der Waals surface area contributed by atoms with E-state index >= 15 is 0 Å². The number of aromatic nitrogens is 3. The Balaban J connectivity index is 1.34. The summed E-state index contributed by atoms with van der Waals surface area (Å²) in [5, 5.41) is 12.0. The lowest BCUT2D eigenvalue weighted by Crippen LogP contribution is -2.28. The van der Waals surface area contributed by atoms with Crippen molar-refractivity contribution in [2.75, 3.05) is 12.4 Å². The summed E-state index contributed by atoms with van der Waals surface area (Å²) in [5.74, 6) is 0.547. The van der Waals surface area contributed by atoms with Crippen molar-refractivity contribution in [2.24, 2.45) is 5.16 Å². The lowest BCUT2D eigenvalue weighted by molar-refractivity contribution is -0.125. The molecule has 0 radical (unpaired) electrons. The molecule has 0 saturated carbocycles. The molecule has 1 aromatic heterocycles. The molecule has 8 nitrogen and oxygen atoms in total. The van der Waals surface area contributed by atoms with Crippen LogP contribution < -0.4 is 10.1 Å². The third kappa shape index (κ3) is 4.55. The van der Waals surface area contributed by atoms with E-state index in [2.05, 4.69) is 20.6 Å². The minimum absolute atomic E-state index is 0.173. The molecule has 4 rings (SSSR count). The molecule has 1 unspecified atom stereocenters. The summed E-state index contributed by atoms with van der Waals surface area (Å²) in [6.07, 6.45) is 1.11. The Bertz CT molecular complexity index is 1100. The second-order valence-corrected chi connectivity index (χ2v) is 7.40. The number of anilines is 1. The van der Waals surface area contributed by atoms with Crippen LogP contribution in [-0.2, 0) is 16.2 Å². The van der Waals surface area contributed by atoms with Crippen molar-refractivity contribution < 1.29 is 14.4 Å². The van der Waals surface area contributed by atoms with E-state index in [0.29, 0.717) is 28.7 Å². The fourth-order valence-corrected chi connectivity index (χ4v) is 3.38. The first-order chi connectivity index (χ1) is 14.5.